The predicted molar refractivity (Wildman–Crippen MR) is 114 cm³/mol. The van der Waals surface area contributed by atoms with Gasteiger partial charge in [-0.25, -0.2) is 5.43 Å². The molecule has 0 saturated heterocycles. The van der Waals surface area contributed by atoms with Gasteiger partial charge in [-0.05, 0) is 42.8 Å². The Bertz CT molecular complexity index is 1020. The lowest BCUT2D eigenvalue weighted by Gasteiger charge is -2.13. The number of nitrogens with zero attached hydrogens (tertiary/aromatic N) is 2. The molecular formula is C21H19N3O5S. The summed E-state index contributed by atoms with van der Waals surface area (Å²) in [5.41, 5.74) is 3.43. The number of carbonyl (C=O) groups is 1. The molecule has 0 spiro atoms. The van der Waals surface area contributed by atoms with E-state index in [9.17, 15) is 14.9 Å². The van der Waals surface area contributed by atoms with Gasteiger partial charge in [-0.1, -0.05) is 41.7 Å². The number of carbonyl (C=O) groups excluding carboxylic acids is 1. The van der Waals surface area contributed by atoms with E-state index in [0.29, 0.717) is 23.0 Å². The fraction of sp³-hybridized carbons (Fsp3) is 0.143. The Kier molecular flexibility index (Phi) is 7.12. The molecule has 0 aliphatic carbocycles. The highest BCUT2D eigenvalue weighted by molar-refractivity contribution is 7.16. The number of nitrogens with one attached hydrogen (secondary N) is 1. The summed E-state index contributed by atoms with van der Waals surface area (Å²) in [7, 11) is 0. The molecule has 1 unspecified atom stereocenters. The largest absolute Gasteiger partial charge is 0.489 e. The Morgan fingerprint density at radius 2 is 1.83 bits per heavy atom. The lowest BCUT2D eigenvalue weighted by atomic mass is 10.2. The molecule has 1 atom stereocenters. The molecule has 30 heavy (non-hydrogen) atoms. The van der Waals surface area contributed by atoms with Crippen LogP contribution in [0.25, 0.3) is 0 Å². The van der Waals surface area contributed by atoms with E-state index in [1.165, 1.54) is 12.3 Å². The number of hydrogen-bond acceptors (Lipinski definition) is 7. The Balaban J connectivity index is 1.46. The van der Waals surface area contributed by atoms with Gasteiger partial charge in [-0.2, -0.15) is 5.10 Å². The van der Waals surface area contributed by atoms with E-state index < -0.39 is 16.9 Å². The highest BCUT2D eigenvalue weighted by Crippen LogP contribution is 2.22. The molecule has 154 valence electrons. The fourth-order valence-corrected chi connectivity index (χ4v) is 3.07. The molecule has 0 fully saturated rings. The van der Waals surface area contributed by atoms with Crippen LogP contribution in [0.4, 0.5) is 5.00 Å². The average molecular weight is 425 g/mol. The number of hydrogen-bond donors (Lipinski definition) is 1. The van der Waals surface area contributed by atoms with Crippen molar-refractivity contribution in [2.75, 3.05) is 0 Å². The lowest BCUT2D eigenvalue weighted by molar-refractivity contribution is -0.380. The summed E-state index contributed by atoms with van der Waals surface area (Å²) in [4.78, 5) is 22.8. The molecular weight excluding hydrogens is 406 g/mol. The number of ether oxygens (including phenoxy) is 2. The van der Waals surface area contributed by atoms with E-state index in [2.05, 4.69) is 10.5 Å². The van der Waals surface area contributed by atoms with Gasteiger partial charge in [0.05, 0.1) is 16.0 Å². The summed E-state index contributed by atoms with van der Waals surface area (Å²) in [6, 6.07) is 19.7. The average Bonchev–Trinajstić information content (AvgIpc) is 3.23. The van der Waals surface area contributed by atoms with Crippen molar-refractivity contribution in [2.24, 2.45) is 5.10 Å². The first-order valence-corrected chi connectivity index (χ1v) is 9.83. The molecule has 2 aromatic carbocycles. The Morgan fingerprint density at radius 1 is 1.13 bits per heavy atom. The molecule has 0 radical (unpaired) electrons. The fourth-order valence-electron chi connectivity index (χ4n) is 2.37. The topological polar surface area (TPSA) is 103 Å². The number of hydrazone groups is 1. The molecule has 3 aromatic rings. The molecule has 8 nitrogen and oxygen atoms in total. The van der Waals surface area contributed by atoms with Crippen LogP contribution in [0, 0.1) is 10.1 Å². The van der Waals surface area contributed by atoms with Gasteiger partial charge >= 0.3 is 5.00 Å². The maximum Gasteiger partial charge on any atom is 0.324 e. The summed E-state index contributed by atoms with van der Waals surface area (Å²) in [5, 5.41) is 14.5. The zero-order valence-corrected chi connectivity index (χ0v) is 16.9. The van der Waals surface area contributed by atoms with E-state index in [4.69, 9.17) is 9.47 Å². The third-order valence-corrected chi connectivity index (χ3v) is 4.88. The summed E-state index contributed by atoms with van der Waals surface area (Å²) >= 11 is 0.965. The van der Waals surface area contributed by atoms with Gasteiger partial charge in [0.15, 0.2) is 6.10 Å². The number of benzene rings is 2. The normalized spacial score (nSPS) is 11.8. The van der Waals surface area contributed by atoms with Crippen molar-refractivity contribution in [3.8, 4) is 11.5 Å². The quantitative estimate of drug-likeness (QED) is 0.315. The van der Waals surface area contributed by atoms with Gasteiger partial charge in [0, 0.05) is 6.07 Å². The molecule has 0 aliphatic rings. The van der Waals surface area contributed by atoms with Crippen LogP contribution in [-0.2, 0) is 11.4 Å². The van der Waals surface area contributed by atoms with Crippen LogP contribution >= 0.6 is 11.3 Å². The summed E-state index contributed by atoms with van der Waals surface area (Å²) in [6.45, 7) is 2.06. The van der Waals surface area contributed by atoms with Gasteiger partial charge in [0.25, 0.3) is 5.91 Å². The molecule has 0 saturated carbocycles. The van der Waals surface area contributed by atoms with Gasteiger partial charge in [0.2, 0.25) is 0 Å². The zero-order chi connectivity index (χ0) is 21.3. The monoisotopic (exact) mass is 425 g/mol. The molecule has 3 rings (SSSR count). The van der Waals surface area contributed by atoms with E-state index >= 15 is 0 Å². The first-order chi connectivity index (χ1) is 14.5. The van der Waals surface area contributed by atoms with Crippen LogP contribution in [-0.4, -0.2) is 23.1 Å². The minimum atomic E-state index is -0.782. The highest BCUT2D eigenvalue weighted by atomic mass is 32.1. The van der Waals surface area contributed by atoms with Gasteiger partial charge < -0.3 is 9.47 Å². The molecule has 9 heteroatoms. The molecule has 1 amide bonds. The second kappa shape index (κ2) is 10.2. The Labute approximate surface area is 176 Å². The van der Waals surface area contributed by atoms with Crippen molar-refractivity contribution in [1.29, 1.82) is 0 Å². The number of amides is 1. The van der Waals surface area contributed by atoms with Crippen molar-refractivity contribution >= 4 is 28.5 Å². The minimum absolute atomic E-state index is 0.00988. The maximum absolute atomic E-state index is 12.1. The van der Waals surface area contributed by atoms with Gasteiger partial charge in [0.1, 0.15) is 18.1 Å². The molecule has 1 N–H and O–H groups in total. The van der Waals surface area contributed by atoms with Crippen LogP contribution in [0.1, 0.15) is 17.4 Å². The summed E-state index contributed by atoms with van der Waals surface area (Å²) in [5.74, 6) is 0.766. The van der Waals surface area contributed by atoms with Crippen molar-refractivity contribution in [2.45, 2.75) is 19.6 Å². The third kappa shape index (κ3) is 6.14. The van der Waals surface area contributed by atoms with E-state index in [1.807, 2.05) is 30.3 Å². The first-order valence-electron chi connectivity index (χ1n) is 9.02. The minimum Gasteiger partial charge on any atom is -0.489 e. The van der Waals surface area contributed by atoms with Crippen molar-refractivity contribution in [1.82, 2.24) is 5.43 Å². The number of thiophene rings is 1. The summed E-state index contributed by atoms with van der Waals surface area (Å²) in [6.07, 6.45) is 0.567. The second-order valence-electron chi connectivity index (χ2n) is 6.17. The number of rotatable bonds is 9. The smallest absolute Gasteiger partial charge is 0.324 e. The first kappa shape index (κ1) is 21.0. The Hall–Kier alpha value is -3.72. The van der Waals surface area contributed by atoms with Crippen molar-refractivity contribution in [3.63, 3.8) is 0 Å². The van der Waals surface area contributed by atoms with Crippen LogP contribution in [0.2, 0.25) is 0 Å². The predicted octanol–water partition coefficient (Wildman–Crippen LogP) is 4.15. The Morgan fingerprint density at radius 3 is 2.50 bits per heavy atom. The molecule has 0 bridgehead atoms. The van der Waals surface area contributed by atoms with Crippen LogP contribution in [0.15, 0.2) is 71.8 Å². The summed E-state index contributed by atoms with van der Waals surface area (Å²) < 4.78 is 11.3. The third-order valence-electron chi connectivity index (χ3n) is 3.91. The maximum atomic E-state index is 12.1. The van der Waals surface area contributed by atoms with E-state index in [-0.39, 0.29) is 5.00 Å². The van der Waals surface area contributed by atoms with Crippen LogP contribution in [0.5, 0.6) is 11.5 Å². The van der Waals surface area contributed by atoms with Crippen molar-refractivity contribution in [3.05, 3.63) is 87.3 Å². The molecule has 1 heterocycles. The highest BCUT2D eigenvalue weighted by Gasteiger charge is 2.14. The second-order valence-corrected chi connectivity index (χ2v) is 7.27. The standard InChI is InChI=1S/C21H19N3O5S/c1-15(21(25)23-22-13-19-11-12-20(30-19)24(26)27)29-18-9-7-17(8-10-18)28-14-16-5-3-2-4-6-16/h2-13,15H,14H2,1H3,(H,23,25). The van der Waals surface area contributed by atoms with Gasteiger partial charge in [-0.15, -0.1) is 0 Å². The van der Waals surface area contributed by atoms with Crippen molar-refractivity contribution < 1.29 is 19.2 Å². The molecule has 0 aliphatic heterocycles. The van der Waals surface area contributed by atoms with E-state index in [0.717, 1.165) is 16.9 Å². The lowest BCUT2D eigenvalue weighted by Crippen LogP contribution is -2.33. The zero-order valence-electron chi connectivity index (χ0n) is 16.1. The van der Waals surface area contributed by atoms with Crippen LogP contribution < -0.4 is 14.9 Å². The number of nitro groups is 1. The molecule has 1 aromatic heterocycles. The van der Waals surface area contributed by atoms with Crippen LogP contribution in [0.3, 0.4) is 0 Å². The van der Waals surface area contributed by atoms with Gasteiger partial charge in [-0.3, -0.25) is 14.9 Å². The van der Waals surface area contributed by atoms with E-state index in [1.54, 1.807) is 37.3 Å². The SMILES string of the molecule is CC(Oc1ccc(OCc2ccccc2)cc1)C(=O)NN=Cc1ccc([N+](=O)[O-])s1.